The van der Waals surface area contributed by atoms with E-state index in [2.05, 4.69) is 39.4 Å². The molecule has 0 unspecified atom stereocenters. The summed E-state index contributed by atoms with van der Waals surface area (Å²) in [5, 5.41) is 7.46. The Morgan fingerprint density at radius 2 is 1.90 bits per heavy atom. The lowest BCUT2D eigenvalue weighted by Crippen LogP contribution is -2.58. The van der Waals surface area contributed by atoms with Gasteiger partial charge in [-0.05, 0) is 83.9 Å². The first-order valence-corrected chi connectivity index (χ1v) is 11.6. The topological polar surface area (TPSA) is 55.8 Å². The van der Waals surface area contributed by atoms with Crippen molar-refractivity contribution in [1.29, 1.82) is 0 Å². The summed E-state index contributed by atoms with van der Waals surface area (Å²) in [4.78, 5) is 14.4. The smallest absolute Gasteiger partial charge is 0.191 e. The van der Waals surface area contributed by atoms with Crippen LogP contribution in [-0.2, 0) is 6.42 Å². The van der Waals surface area contributed by atoms with Gasteiger partial charge in [0.25, 0.3) is 0 Å². The molecular weight excluding hydrogens is 384 g/mol. The molecule has 2 fully saturated rings. The molecule has 162 valence electrons. The maximum Gasteiger partial charge on any atom is 0.191 e. The first-order chi connectivity index (χ1) is 14.1. The predicted octanol–water partition coefficient (Wildman–Crippen LogP) is 2.78. The number of guanidine groups is 1. The lowest BCUT2D eigenvalue weighted by Gasteiger charge is -2.49. The van der Waals surface area contributed by atoms with Gasteiger partial charge in [0, 0.05) is 24.8 Å². The minimum Gasteiger partial charge on any atom is -0.357 e. The van der Waals surface area contributed by atoms with E-state index < -0.39 is 0 Å². The van der Waals surface area contributed by atoms with E-state index in [1.54, 1.807) is 0 Å². The highest BCUT2D eigenvalue weighted by atomic mass is 35.5. The van der Waals surface area contributed by atoms with E-state index in [1.807, 2.05) is 18.3 Å². The number of rotatable bonds is 7. The van der Waals surface area contributed by atoms with Crippen LogP contribution in [0.15, 0.2) is 23.3 Å². The van der Waals surface area contributed by atoms with Crippen LogP contribution in [0.1, 0.15) is 44.6 Å². The van der Waals surface area contributed by atoms with Crippen LogP contribution >= 0.6 is 11.6 Å². The third-order valence-electron chi connectivity index (χ3n) is 6.32. The van der Waals surface area contributed by atoms with Gasteiger partial charge >= 0.3 is 0 Å². The summed E-state index contributed by atoms with van der Waals surface area (Å²) in [5.74, 6) is 0.921. The van der Waals surface area contributed by atoms with E-state index in [4.69, 9.17) is 16.6 Å². The molecule has 1 aromatic heterocycles. The van der Waals surface area contributed by atoms with Gasteiger partial charge in [-0.15, -0.1) is 0 Å². The van der Waals surface area contributed by atoms with Gasteiger partial charge in [-0.2, -0.15) is 0 Å². The summed E-state index contributed by atoms with van der Waals surface area (Å²) in [6.07, 6.45) is 9.20. The fraction of sp³-hybridized carbons (Fsp3) is 0.727. The van der Waals surface area contributed by atoms with Crippen LogP contribution in [-0.4, -0.2) is 79.1 Å². The molecule has 3 heterocycles. The molecular formula is C22H37ClN6. The third kappa shape index (κ3) is 6.56. The summed E-state index contributed by atoms with van der Waals surface area (Å²) in [7, 11) is 2.24. The molecule has 1 aromatic rings. The van der Waals surface area contributed by atoms with E-state index in [1.165, 1.54) is 63.8 Å². The highest BCUT2D eigenvalue weighted by Crippen LogP contribution is 2.31. The summed E-state index contributed by atoms with van der Waals surface area (Å²) >= 11 is 5.88. The van der Waals surface area contributed by atoms with Gasteiger partial charge in [0.15, 0.2) is 5.96 Å². The number of nitrogens with one attached hydrogen (secondary N) is 2. The molecule has 6 nitrogen and oxygen atoms in total. The van der Waals surface area contributed by atoms with Crippen LogP contribution in [0.5, 0.6) is 0 Å². The molecule has 2 aliphatic rings. The molecule has 0 bridgehead atoms. The SMILES string of the molecule is CCNC(=NCC1(N2CCCCC2)CCN(C)CC1)NCCc1ccc(Cl)nc1. The van der Waals surface area contributed by atoms with Crippen molar-refractivity contribution in [2.75, 3.05) is 52.9 Å². The number of hydrogen-bond donors (Lipinski definition) is 2. The number of nitrogens with zero attached hydrogens (tertiary/aromatic N) is 4. The molecule has 2 N–H and O–H groups in total. The zero-order valence-corrected chi connectivity index (χ0v) is 18.8. The van der Waals surface area contributed by atoms with Gasteiger partial charge in [0.05, 0.1) is 6.54 Å². The molecule has 0 spiro atoms. The van der Waals surface area contributed by atoms with E-state index >= 15 is 0 Å². The predicted molar refractivity (Wildman–Crippen MR) is 122 cm³/mol. The first kappa shape index (κ1) is 22.3. The van der Waals surface area contributed by atoms with Crippen molar-refractivity contribution >= 4 is 17.6 Å². The fourth-order valence-corrected chi connectivity index (χ4v) is 4.54. The van der Waals surface area contributed by atoms with Crippen molar-refractivity contribution in [1.82, 2.24) is 25.4 Å². The van der Waals surface area contributed by atoms with Crippen LogP contribution in [0.2, 0.25) is 5.15 Å². The highest BCUT2D eigenvalue weighted by Gasteiger charge is 2.39. The lowest BCUT2D eigenvalue weighted by atomic mass is 9.84. The number of likely N-dealkylation sites (tertiary alicyclic amines) is 2. The Bertz CT molecular complexity index is 633. The van der Waals surface area contributed by atoms with Gasteiger partial charge in [0.1, 0.15) is 5.15 Å². The zero-order chi connectivity index (χ0) is 20.5. The second-order valence-electron chi connectivity index (χ2n) is 8.44. The van der Waals surface area contributed by atoms with Gasteiger partial charge in [-0.1, -0.05) is 24.1 Å². The van der Waals surface area contributed by atoms with Crippen molar-refractivity contribution in [3.8, 4) is 0 Å². The molecule has 7 heteroatoms. The quantitative estimate of drug-likeness (QED) is 0.403. The molecule has 0 aliphatic carbocycles. The van der Waals surface area contributed by atoms with Crippen LogP contribution in [0.25, 0.3) is 0 Å². The summed E-state index contributed by atoms with van der Waals surface area (Å²) in [5.41, 5.74) is 1.40. The molecule has 2 aliphatic heterocycles. The second kappa shape index (κ2) is 11.1. The van der Waals surface area contributed by atoms with Crippen molar-refractivity contribution in [2.45, 2.75) is 51.0 Å². The standard InChI is InChI=1S/C22H37ClN6/c1-3-24-21(25-12-9-19-7-8-20(23)26-17-19)27-18-22(10-15-28(2)16-11-22)29-13-5-4-6-14-29/h7-8,17H,3-6,9-16,18H2,1-2H3,(H2,24,25,27). The Labute approximate surface area is 181 Å². The molecule has 2 saturated heterocycles. The maximum atomic E-state index is 5.88. The van der Waals surface area contributed by atoms with Gasteiger partial charge in [0.2, 0.25) is 0 Å². The fourth-order valence-electron chi connectivity index (χ4n) is 4.42. The summed E-state index contributed by atoms with van der Waals surface area (Å²) in [6.45, 7) is 9.48. The number of aromatic nitrogens is 1. The Morgan fingerprint density at radius 3 is 2.55 bits per heavy atom. The summed E-state index contributed by atoms with van der Waals surface area (Å²) < 4.78 is 0. The Balaban J connectivity index is 1.61. The monoisotopic (exact) mass is 420 g/mol. The molecule has 3 rings (SSSR count). The Kier molecular flexibility index (Phi) is 8.57. The normalized spacial score (nSPS) is 21.1. The zero-order valence-electron chi connectivity index (χ0n) is 18.1. The minimum atomic E-state index is 0.218. The number of aliphatic imine (C=N–C) groups is 1. The van der Waals surface area contributed by atoms with Crippen molar-refractivity contribution in [2.24, 2.45) is 4.99 Å². The molecule has 0 aromatic carbocycles. The number of halogens is 1. The lowest BCUT2D eigenvalue weighted by molar-refractivity contribution is 0.0208. The van der Waals surface area contributed by atoms with Crippen molar-refractivity contribution in [3.63, 3.8) is 0 Å². The van der Waals surface area contributed by atoms with Crippen LogP contribution < -0.4 is 10.6 Å². The molecule has 0 radical (unpaired) electrons. The maximum absolute atomic E-state index is 5.88. The van der Waals surface area contributed by atoms with E-state index in [9.17, 15) is 0 Å². The Hall–Kier alpha value is -1.37. The molecule has 0 atom stereocenters. The van der Waals surface area contributed by atoms with Crippen LogP contribution in [0.3, 0.4) is 0 Å². The first-order valence-electron chi connectivity index (χ1n) is 11.2. The number of piperidine rings is 2. The van der Waals surface area contributed by atoms with E-state index in [0.29, 0.717) is 5.15 Å². The molecule has 29 heavy (non-hydrogen) atoms. The van der Waals surface area contributed by atoms with Gasteiger partial charge in [-0.3, -0.25) is 9.89 Å². The van der Waals surface area contributed by atoms with Crippen molar-refractivity contribution < 1.29 is 0 Å². The molecule has 0 amide bonds. The minimum absolute atomic E-state index is 0.218. The van der Waals surface area contributed by atoms with E-state index in [0.717, 1.165) is 32.0 Å². The largest absolute Gasteiger partial charge is 0.357 e. The highest BCUT2D eigenvalue weighted by molar-refractivity contribution is 6.29. The second-order valence-corrected chi connectivity index (χ2v) is 8.82. The van der Waals surface area contributed by atoms with Gasteiger partial charge < -0.3 is 15.5 Å². The van der Waals surface area contributed by atoms with E-state index in [-0.39, 0.29) is 5.54 Å². The molecule has 0 saturated carbocycles. The average Bonchev–Trinajstić information content (AvgIpc) is 2.75. The summed E-state index contributed by atoms with van der Waals surface area (Å²) in [6, 6.07) is 3.88. The third-order valence-corrected chi connectivity index (χ3v) is 6.54. The number of hydrogen-bond acceptors (Lipinski definition) is 4. The van der Waals surface area contributed by atoms with Gasteiger partial charge in [-0.25, -0.2) is 4.98 Å². The number of pyridine rings is 1. The van der Waals surface area contributed by atoms with Crippen LogP contribution in [0.4, 0.5) is 0 Å². The van der Waals surface area contributed by atoms with Crippen LogP contribution in [0, 0.1) is 0 Å². The van der Waals surface area contributed by atoms with Crippen molar-refractivity contribution in [3.05, 3.63) is 29.0 Å². The Morgan fingerprint density at radius 1 is 1.14 bits per heavy atom. The average molecular weight is 421 g/mol.